The van der Waals surface area contributed by atoms with Crippen LogP contribution in [0, 0.1) is 0 Å². The fourth-order valence-electron chi connectivity index (χ4n) is 11.9. The minimum atomic E-state index is -4.10. The van der Waals surface area contributed by atoms with Crippen molar-refractivity contribution in [2.45, 2.75) is 44.9 Å². The van der Waals surface area contributed by atoms with Gasteiger partial charge in [0, 0.05) is 25.8 Å². The smallest absolute Gasteiger partial charge is 0.448 e. The van der Waals surface area contributed by atoms with E-state index in [1.807, 2.05) is 24.3 Å². The number of nitrogens with one attached hydrogen (secondary N) is 7. The molecule has 8 aromatic heterocycles. The van der Waals surface area contributed by atoms with Crippen molar-refractivity contribution in [3.63, 3.8) is 0 Å². The van der Waals surface area contributed by atoms with Gasteiger partial charge < -0.3 is 53.4 Å². The number of carbonyl (C=O) groups excluding carboxylic acids is 5. The maximum Gasteiger partial charge on any atom is 0.530 e. The molecule has 0 saturated heterocycles. The third kappa shape index (κ3) is 23.9. The molecule has 0 atom stereocenters. The number of hydrogen-bond acceptors (Lipinski definition) is 33. The van der Waals surface area contributed by atoms with E-state index in [0.717, 1.165) is 62.0 Å². The van der Waals surface area contributed by atoms with Gasteiger partial charge in [-0.05, 0) is 64.7 Å². The van der Waals surface area contributed by atoms with Gasteiger partial charge in [0.15, 0.2) is 34.5 Å². The highest BCUT2D eigenvalue weighted by Crippen LogP contribution is 2.31. The number of fused-ring (bicyclic) bond motifs is 5. The maximum absolute atomic E-state index is 13.2. The number of para-hydroxylation sites is 3. The molecule has 7 aromatic carbocycles. The lowest BCUT2D eigenvalue weighted by molar-refractivity contribution is -0.171. The van der Waals surface area contributed by atoms with Gasteiger partial charge in [-0.1, -0.05) is 158 Å². The molecule has 0 bridgehead atoms. The molecule has 10 N–H and O–H groups in total. The number of anilines is 2. The zero-order valence-corrected chi connectivity index (χ0v) is 71.3. The van der Waals surface area contributed by atoms with Gasteiger partial charge in [0.2, 0.25) is 19.0 Å². The highest BCUT2D eigenvalue weighted by Gasteiger charge is 2.30. The number of H-pyrrole nitrogens is 2. The molecule has 130 heavy (non-hydrogen) atoms. The van der Waals surface area contributed by atoms with E-state index in [2.05, 4.69) is 89.2 Å². The average Bonchev–Trinajstić information content (AvgIpc) is 1.61. The zero-order chi connectivity index (χ0) is 92.2. The van der Waals surface area contributed by atoms with Crippen molar-refractivity contribution in [1.29, 1.82) is 0 Å². The Morgan fingerprint density at radius 3 is 1.12 bits per heavy atom. The lowest BCUT2D eigenvalue weighted by atomic mass is 10.0. The summed E-state index contributed by atoms with van der Waals surface area (Å²) in [6, 6.07) is 57.9. The van der Waals surface area contributed by atoms with Gasteiger partial charge in [-0.3, -0.25) is 44.2 Å². The van der Waals surface area contributed by atoms with Gasteiger partial charge >= 0.3 is 36.3 Å². The molecule has 0 aliphatic heterocycles. The third-order valence-corrected chi connectivity index (χ3v) is 26.3. The number of hydroxylamine groups is 6. The zero-order valence-electron chi connectivity index (χ0n) is 66.4. The minimum Gasteiger partial charge on any atom is -0.448 e. The van der Waals surface area contributed by atoms with Gasteiger partial charge in [-0.25, -0.2) is 98.1 Å². The second-order valence-electron chi connectivity index (χ2n) is 26.5. The Hall–Kier alpha value is -15.7. The van der Waals surface area contributed by atoms with E-state index in [-0.39, 0.29) is 53.7 Å². The number of carboxylic acid groups (broad SMARTS) is 3. The Bertz CT molecular complexity index is 7070. The van der Waals surface area contributed by atoms with E-state index in [9.17, 15) is 83.1 Å². The first kappa shape index (κ1) is 92.0. The van der Waals surface area contributed by atoms with Crippen molar-refractivity contribution in [1.82, 2.24) is 92.9 Å². The molecule has 46 nitrogen and oxygen atoms in total. The number of aromatic nitrogens is 13. The van der Waals surface area contributed by atoms with Crippen LogP contribution in [0.1, 0.15) is 34.5 Å². The lowest BCUT2D eigenvalue weighted by Crippen LogP contribution is -2.42. The van der Waals surface area contributed by atoms with Crippen LogP contribution < -0.4 is 41.6 Å². The van der Waals surface area contributed by atoms with Crippen LogP contribution in [0.25, 0.3) is 53.0 Å². The van der Waals surface area contributed by atoms with Crippen molar-refractivity contribution in [2.24, 2.45) is 0 Å². The van der Waals surface area contributed by atoms with Crippen LogP contribution in [0.5, 0.6) is 0 Å². The highest BCUT2D eigenvalue weighted by molar-refractivity contribution is 7.92. The fraction of sp³-hybridized carbons (Fsp3) is 0.141. The molecule has 15 aromatic rings. The number of nitrogens with zero attached hydrogens (tertiary/aromatic N) is 14. The van der Waals surface area contributed by atoms with Gasteiger partial charge in [0.25, 0.3) is 58.9 Å². The van der Waals surface area contributed by atoms with Gasteiger partial charge in [-0.2, -0.15) is 25.2 Å². The van der Waals surface area contributed by atoms with Gasteiger partial charge in [-0.15, -0.1) is 34.0 Å². The average molecular weight is 1890 g/mol. The van der Waals surface area contributed by atoms with Crippen LogP contribution in [-0.2, 0) is 88.1 Å². The monoisotopic (exact) mass is 1890 g/mol. The molecule has 0 saturated carbocycles. The van der Waals surface area contributed by atoms with E-state index >= 15 is 0 Å². The summed E-state index contributed by atoms with van der Waals surface area (Å²) in [6.45, 7) is -4.45. The molecule has 0 aliphatic carbocycles. The summed E-state index contributed by atoms with van der Waals surface area (Å²) in [7, 11) is -12.2. The van der Waals surface area contributed by atoms with Crippen LogP contribution in [0.15, 0.2) is 253 Å². The van der Waals surface area contributed by atoms with Crippen LogP contribution in [0.3, 0.4) is 0 Å². The molecule has 0 aliphatic rings. The molecule has 670 valence electrons. The minimum absolute atomic E-state index is 0.000372. The van der Waals surface area contributed by atoms with E-state index in [1.54, 1.807) is 170 Å². The molecular formula is C78H67N21O25S6. The summed E-state index contributed by atoms with van der Waals surface area (Å²) in [5.74, 6) is -3.26. The summed E-state index contributed by atoms with van der Waals surface area (Å²) in [5.41, 5.74) is 1.91. The predicted molar refractivity (Wildman–Crippen MR) is 461 cm³/mol. The molecule has 0 unspecified atom stereocenters. The predicted octanol–water partition coefficient (Wildman–Crippen LogP) is 7.24. The fourth-order valence-corrected chi connectivity index (χ4v) is 18.8. The lowest BCUT2D eigenvalue weighted by Gasteiger charge is -2.20. The first-order chi connectivity index (χ1) is 62.4. The molecule has 8 heterocycles. The van der Waals surface area contributed by atoms with E-state index in [0.29, 0.717) is 68.1 Å². The molecule has 5 amide bonds. The van der Waals surface area contributed by atoms with Crippen molar-refractivity contribution < 1.29 is 103 Å². The third-order valence-electron chi connectivity index (χ3n) is 17.7. The number of imidazole rings is 2. The van der Waals surface area contributed by atoms with Crippen LogP contribution >= 0.6 is 34.0 Å². The van der Waals surface area contributed by atoms with E-state index in [4.69, 9.17) is 19.7 Å². The standard InChI is InChI=1S/C31H26N8O9S2.C30H26N6O9S2.C17H15N7O7S2/c40-23(39(48-31(43)44)16-15-33-50(45,46)30-34-21-13-7-8-14-22(21)49-30)17-38-18-32-24-26(38)35-28(36-27(24)41)37-29(42)47-25(19-9-3-1-4-10-19)20-11-5-2-6-12-20;37-25(36(45-30(40)41)18-16-31-47(42,43)29-32-22-13-7-8-14-23(22)46-29)19-35-17-15-24(33-27(35)38)34-28(39)44-26(20-9-3-1-4-10-20)21-11-5-2-6-12-21;25-12(7-23-9-20-13-14(23)18-8-19-15(13)26)24(31-17(27)28)6-5-21-33(29,30)16-22-10-3-1-2-4-11(10)32-16/h1-14,18,25,33H,15-17H2,(H,43,44)(H2,35,36,37,41,42);1-15,17,26,31H,16,18-19H2,(H,40,41)(H,33,34,38,39);1-4,8-9,21H,5-7H2,(H,27,28)(H,18,19,26). The first-order valence-electron chi connectivity index (χ1n) is 37.7. The highest BCUT2D eigenvalue weighted by atomic mass is 32.3. The Morgan fingerprint density at radius 2 is 0.754 bits per heavy atom. The number of benzene rings is 7. The summed E-state index contributed by atoms with van der Waals surface area (Å²) in [6.07, 6.45) is -4.20. The summed E-state index contributed by atoms with van der Waals surface area (Å²) in [5, 5.41) is 33.4. The number of rotatable bonds is 29. The first-order valence-corrected chi connectivity index (χ1v) is 44.6. The van der Waals surface area contributed by atoms with Crippen molar-refractivity contribution in [3.05, 3.63) is 279 Å². The Labute approximate surface area is 742 Å². The maximum atomic E-state index is 13.2. The number of ether oxygens (including phenoxy) is 2. The number of amides is 5. The van der Waals surface area contributed by atoms with E-state index < -0.39 is 160 Å². The topological polar surface area (TPSA) is 616 Å². The van der Waals surface area contributed by atoms with Crippen molar-refractivity contribution in [2.75, 3.05) is 49.9 Å². The molecule has 15 rings (SSSR count). The summed E-state index contributed by atoms with van der Waals surface area (Å²) in [4.78, 5) is 186. The normalized spacial score (nSPS) is 11.4. The number of thiazole rings is 3. The number of sulfonamides is 3. The Morgan fingerprint density at radius 1 is 0.408 bits per heavy atom. The number of aromatic amines is 2. The Balaban J connectivity index is 0.000000170. The molecular weight excluding hydrogens is 1820 g/mol. The molecule has 52 heteroatoms. The van der Waals surface area contributed by atoms with Crippen LogP contribution in [-0.4, -0.2) is 207 Å². The second-order valence-corrected chi connectivity index (χ2v) is 35.4. The quantitative estimate of drug-likeness (QED) is 0.0206. The van der Waals surface area contributed by atoms with Crippen LogP contribution in [0.2, 0.25) is 0 Å². The SMILES string of the molecule is O=C(O)ON(CCNS(=O)(=O)c1nc2ccccc2s1)C(=O)Cn1ccc(NC(=O)OC(c2ccccc2)c2ccccc2)nc1=O.O=C(O)ON(CCNS(=O)(=O)c1nc2ccccc2s1)C(=O)Cn1cnc2c(=O)[nH]c(NC(=O)OC(c3ccccc3)c3ccccc3)nc21.O=C(O)ON(CCNS(=O)(=O)c1nc2ccccc2s1)C(=O)Cn1cnc2c(=O)[nH]cnc21. The van der Waals surface area contributed by atoms with Gasteiger partial charge in [0.05, 0.1) is 69.3 Å². The number of hydrogen-bond donors (Lipinski definition) is 10. The van der Waals surface area contributed by atoms with Crippen LogP contribution in [0.4, 0.5) is 35.7 Å². The molecule has 0 fully saturated rings. The largest absolute Gasteiger partial charge is 0.530 e. The second kappa shape index (κ2) is 41.6. The summed E-state index contributed by atoms with van der Waals surface area (Å²) < 4.78 is 98.9. The van der Waals surface area contributed by atoms with E-state index in [1.165, 1.54) is 17.0 Å². The molecule has 0 radical (unpaired) electrons. The number of carbonyl (C=O) groups is 8. The van der Waals surface area contributed by atoms with Crippen molar-refractivity contribution in [3.8, 4) is 0 Å². The molecule has 0 spiro atoms. The Kier molecular flexibility index (Phi) is 29.4. The van der Waals surface area contributed by atoms with Crippen molar-refractivity contribution >= 4 is 177 Å². The summed E-state index contributed by atoms with van der Waals surface area (Å²) >= 11 is 2.86. The van der Waals surface area contributed by atoms with Gasteiger partial charge in [0.1, 0.15) is 25.5 Å².